The van der Waals surface area contributed by atoms with Gasteiger partial charge in [-0.15, -0.1) is 0 Å². The molecular weight excluding hydrogens is 250 g/mol. The minimum Gasteiger partial charge on any atom is -0.507 e. The number of aromatic hydroxyl groups is 1. The quantitative estimate of drug-likeness (QED) is 0.924. The number of aromatic nitrogens is 1. The second kappa shape index (κ2) is 4.65. The fourth-order valence-electron chi connectivity index (χ4n) is 2.14. The Balaban J connectivity index is 2.61. The van der Waals surface area contributed by atoms with E-state index < -0.39 is 9.84 Å². The van der Waals surface area contributed by atoms with Crippen molar-refractivity contribution in [2.75, 3.05) is 5.75 Å². The Kier molecular flexibility index (Phi) is 3.34. The summed E-state index contributed by atoms with van der Waals surface area (Å²) in [5.41, 5.74) is 1.61. The summed E-state index contributed by atoms with van der Waals surface area (Å²) in [5, 5.41) is 10.5. The van der Waals surface area contributed by atoms with Crippen molar-refractivity contribution in [2.45, 2.75) is 26.1 Å². The Morgan fingerprint density at radius 2 is 2.00 bits per heavy atom. The van der Waals surface area contributed by atoms with Gasteiger partial charge in [-0.1, -0.05) is 13.0 Å². The number of hydrogen-bond donors (Lipinski definition) is 1. The van der Waals surface area contributed by atoms with Gasteiger partial charge in [-0.2, -0.15) is 0 Å². The van der Waals surface area contributed by atoms with Gasteiger partial charge in [-0.3, -0.25) is 0 Å². The number of sulfone groups is 1. The first-order valence-corrected chi connectivity index (χ1v) is 7.81. The highest BCUT2D eigenvalue weighted by molar-refractivity contribution is 7.90. The molecule has 0 atom stereocenters. The average molecular weight is 267 g/mol. The molecule has 0 spiro atoms. The van der Waals surface area contributed by atoms with Crippen molar-refractivity contribution >= 4 is 20.7 Å². The van der Waals surface area contributed by atoms with Gasteiger partial charge >= 0.3 is 0 Å². The maximum Gasteiger partial charge on any atom is 0.155 e. The summed E-state index contributed by atoms with van der Waals surface area (Å²) in [5.74, 6) is 0.338. The Hall–Kier alpha value is -1.49. The smallest absolute Gasteiger partial charge is 0.155 e. The molecule has 18 heavy (non-hydrogen) atoms. The lowest BCUT2D eigenvalue weighted by atomic mass is 10.2. The van der Waals surface area contributed by atoms with Crippen LogP contribution in [0.5, 0.6) is 5.75 Å². The Morgan fingerprint density at radius 3 is 2.61 bits per heavy atom. The van der Waals surface area contributed by atoms with Crippen LogP contribution in [0.1, 0.15) is 19.5 Å². The van der Waals surface area contributed by atoms with Crippen molar-refractivity contribution in [3.05, 3.63) is 30.0 Å². The van der Waals surface area contributed by atoms with Gasteiger partial charge in [-0.05, 0) is 25.1 Å². The fourth-order valence-corrected chi connectivity index (χ4v) is 3.04. The minimum atomic E-state index is -3.07. The molecule has 98 valence electrons. The van der Waals surface area contributed by atoms with Gasteiger partial charge in [0.25, 0.3) is 0 Å². The minimum absolute atomic E-state index is 0.0193. The van der Waals surface area contributed by atoms with Gasteiger partial charge in [0.2, 0.25) is 0 Å². The lowest BCUT2D eigenvalue weighted by Crippen LogP contribution is -2.10. The summed E-state index contributed by atoms with van der Waals surface area (Å²) >= 11 is 0. The number of phenols is 1. The van der Waals surface area contributed by atoms with E-state index in [9.17, 15) is 13.5 Å². The zero-order valence-corrected chi connectivity index (χ0v) is 11.4. The van der Waals surface area contributed by atoms with Crippen LogP contribution in [0.2, 0.25) is 0 Å². The third-order valence-corrected chi connectivity index (χ3v) is 4.75. The first kappa shape index (κ1) is 13.0. The molecule has 0 amide bonds. The van der Waals surface area contributed by atoms with Crippen LogP contribution in [0, 0.1) is 0 Å². The molecule has 2 rings (SSSR count). The first-order valence-electron chi connectivity index (χ1n) is 5.99. The van der Waals surface area contributed by atoms with Gasteiger partial charge < -0.3 is 9.67 Å². The van der Waals surface area contributed by atoms with Crippen LogP contribution in [0.15, 0.2) is 24.3 Å². The van der Waals surface area contributed by atoms with E-state index in [0.717, 1.165) is 11.2 Å². The Labute approximate surface area is 107 Å². The molecule has 1 aromatic heterocycles. The standard InChI is InChI=1S/C13H17NO3S/c1-3-14-10(9-18(16,17)4-2)8-11-12(14)6-5-7-13(11)15/h5-8,15H,3-4,9H2,1-2H3. The van der Waals surface area contributed by atoms with Crippen LogP contribution in [0.3, 0.4) is 0 Å². The van der Waals surface area contributed by atoms with Gasteiger partial charge in [0.15, 0.2) is 9.84 Å². The fraction of sp³-hybridized carbons (Fsp3) is 0.385. The van der Waals surface area contributed by atoms with Gasteiger partial charge in [-0.25, -0.2) is 8.42 Å². The molecule has 5 heteroatoms. The molecule has 1 N–H and O–H groups in total. The Bertz CT molecular complexity index is 671. The van der Waals surface area contributed by atoms with E-state index >= 15 is 0 Å². The summed E-state index contributed by atoms with van der Waals surface area (Å²) in [4.78, 5) is 0. The second-order valence-corrected chi connectivity index (χ2v) is 6.62. The zero-order valence-electron chi connectivity index (χ0n) is 10.5. The maximum absolute atomic E-state index is 11.7. The van der Waals surface area contributed by atoms with Crippen LogP contribution in [-0.4, -0.2) is 23.8 Å². The maximum atomic E-state index is 11.7. The first-order chi connectivity index (χ1) is 8.48. The van der Waals surface area contributed by atoms with E-state index in [1.165, 1.54) is 0 Å². The van der Waals surface area contributed by atoms with Crippen molar-refractivity contribution < 1.29 is 13.5 Å². The molecule has 1 heterocycles. The predicted octanol–water partition coefficient (Wildman–Crippen LogP) is 2.30. The Morgan fingerprint density at radius 1 is 1.28 bits per heavy atom. The van der Waals surface area contributed by atoms with Gasteiger partial charge in [0, 0.05) is 23.4 Å². The van der Waals surface area contributed by atoms with E-state index in [-0.39, 0.29) is 17.3 Å². The molecule has 4 nitrogen and oxygen atoms in total. The van der Waals surface area contributed by atoms with Crippen molar-refractivity contribution in [3.63, 3.8) is 0 Å². The number of fused-ring (bicyclic) bond motifs is 1. The lowest BCUT2D eigenvalue weighted by Gasteiger charge is -2.07. The molecule has 0 radical (unpaired) electrons. The molecule has 0 saturated heterocycles. The molecule has 0 saturated carbocycles. The van der Waals surface area contributed by atoms with E-state index in [2.05, 4.69) is 0 Å². The normalized spacial score (nSPS) is 12.1. The summed E-state index contributed by atoms with van der Waals surface area (Å²) in [6, 6.07) is 7.03. The largest absolute Gasteiger partial charge is 0.507 e. The number of phenolic OH excluding ortho intramolecular Hbond substituents is 1. The van der Waals surface area contributed by atoms with Crippen molar-refractivity contribution in [1.82, 2.24) is 4.57 Å². The highest BCUT2D eigenvalue weighted by Crippen LogP contribution is 2.28. The predicted molar refractivity (Wildman–Crippen MR) is 72.4 cm³/mol. The van der Waals surface area contributed by atoms with Crippen molar-refractivity contribution in [3.8, 4) is 5.75 Å². The average Bonchev–Trinajstić information content (AvgIpc) is 2.67. The number of nitrogens with zero attached hydrogens (tertiary/aromatic N) is 1. The number of benzene rings is 1. The zero-order chi connectivity index (χ0) is 13.3. The third kappa shape index (κ3) is 2.22. The monoisotopic (exact) mass is 267 g/mol. The number of hydrogen-bond acceptors (Lipinski definition) is 3. The van der Waals surface area contributed by atoms with E-state index in [1.54, 1.807) is 25.1 Å². The molecule has 0 aliphatic carbocycles. The van der Waals surface area contributed by atoms with Crippen LogP contribution in [0.4, 0.5) is 0 Å². The molecule has 0 fully saturated rings. The lowest BCUT2D eigenvalue weighted by molar-refractivity contribution is 0.481. The third-order valence-electron chi connectivity index (χ3n) is 3.13. The van der Waals surface area contributed by atoms with E-state index in [4.69, 9.17) is 0 Å². The topological polar surface area (TPSA) is 59.3 Å². The number of rotatable bonds is 4. The van der Waals surface area contributed by atoms with Crippen LogP contribution in [0.25, 0.3) is 10.9 Å². The van der Waals surface area contributed by atoms with Crippen LogP contribution in [-0.2, 0) is 22.1 Å². The summed E-state index contributed by atoms with van der Waals surface area (Å²) < 4.78 is 25.4. The van der Waals surface area contributed by atoms with Crippen molar-refractivity contribution in [2.24, 2.45) is 0 Å². The van der Waals surface area contributed by atoms with Crippen LogP contribution >= 0.6 is 0 Å². The van der Waals surface area contributed by atoms with Gasteiger partial charge in [0.1, 0.15) is 5.75 Å². The van der Waals surface area contributed by atoms with E-state index in [0.29, 0.717) is 11.9 Å². The molecule has 1 aromatic carbocycles. The SMILES string of the molecule is CCn1c(CS(=O)(=O)CC)cc2c(O)cccc21. The van der Waals surface area contributed by atoms with Crippen molar-refractivity contribution in [1.29, 1.82) is 0 Å². The van der Waals surface area contributed by atoms with Crippen LogP contribution < -0.4 is 0 Å². The molecule has 2 aromatic rings. The van der Waals surface area contributed by atoms with Gasteiger partial charge in [0.05, 0.1) is 11.3 Å². The molecular formula is C13H17NO3S. The summed E-state index contributed by atoms with van der Waals surface area (Å²) in [6.45, 7) is 4.29. The number of aryl methyl sites for hydroxylation is 1. The summed E-state index contributed by atoms with van der Waals surface area (Å²) in [7, 11) is -3.07. The second-order valence-electron chi connectivity index (χ2n) is 4.27. The van der Waals surface area contributed by atoms with E-state index in [1.807, 2.05) is 17.6 Å². The highest BCUT2D eigenvalue weighted by Gasteiger charge is 2.16. The molecule has 0 aliphatic heterocycles. The highest BCUT2D eigenvalue weighted by atomic mass is 32.2. The summed E-state index contributed by atoms with van der Waals surface area (Å²) in [6.07, 6.45) is 0. The molecule has 0 unspecified atom stereocenters. The molecule has 0 aliphatic rings. The molecule has 0 bridgehead atoms.